The van der Waals surface area contributed by atoms with Crippen molar-refractivity contribution in [3.63, 3.8) is 0 Å². The number of nitrogens with zero attached hydrogens (tertiary/aromatic N) is 4. The molecule has 0 bridgehead atoms. The predicted octanol–water partition coefficient (Wildman–Crippen LogP) is 4.25. The number of fused-ring (bicyclic) bond motifs is 2. The Bertz CT molecular complexity index is 1180. The first-order chi connectivity index (χ1) is 15.7. The largest absolute Gasteiger partial charge is 0.352 e. The molecule has 0 unspecified atom stereocenters. The summed E-state index contributed by atoms with van der Waals surface area (Å²) in [5, 5.41) is 13.1. The molecule has 162 valence electrons. The molecule has 0 saturated heterocycles. The van der Waals surface area contributed by atoms with Crippen LogP contribution in [-0.4, -0.2) is 28.5 Å². The van der Waals surface area contributed by atoms with E-state index >= 15 is 0 Å². The number of carbonyl (C=O) groups is 1. The van der Waals surface area contributed by atoms with Crippen molar-refractivity contribution in [3.05, 3.63) is 65.4 Å². The summed E-state index contributed by atoms with van der Waals surface area (Å²) in [4.78, 5) is 25.1. The molecule has 1 saturated carbocycles. The van der Waals surface area contributed by atoms with Gasteiger partial charge in [0.15, 0.2) is 11.7 Å². The number of aromatic nitrogens is 2. The lowest BCUT2D eigenvalue weighted by molar-refractivity contribution is -0.122. The number of anilines is 1. The van der Waals surface area contributed by atoms with Gasteiger partial charge in [-0.05, 0) is 42.5 Å². The van der Waals surface area contributed by atoms with Crippen molar-refractivity contribution in [2.24, 2.45) is 0 Å². The van der Waals surface area contributed by atoms with Crippen molar-refractivity contribution in [2.75, 3.05) is 11.4 Å². The molecule has 1 atom stereocenters. The predicted molar refractivity (Wildman–Crippen MR) is 124 cm³/mol. The summed E-state index contributed by atoms with van der Waals surface area (Å²) in [5.41, 5.74) is 4.52. The molecule has 0 spiro atoms. The minimum Gasteiger partial charge on any atom is -0.352 e. The summed E-state index contributed by atoms with van der Waals surface area (Å²) >= 11 is 0. The van der Waals surface area contributed by atoms with Crippen LogP contribution in [0.5, 0.6) is 0 Å². The van der Waals surface area contributed by atoms with Crippen LogP contribution >= 0.6 is 0 Å². The first-order valence-electron chi connectivity index (χ1n) is 11.5. The summed E-state index contributed by atoms with van der Waals surface area (Å²) in [6, 6.07) is 18.4. The summed E-state index contributed by atoms with van der Waals surface area (Å²) in [6.07, 6.45) is 6.30. The zero-order valence-electron chi connectivity index (χ0n) is 18.1. The van der Waals surface area contributed by atoms with Gasteiger partial charge in [-0.1, -0.05) is 55.7 Å². The number of rotatable bonds is 4. The van der Waals surface area contributed by atoms with Crippen LogP contribution in [0.15, 0.2) is 48.5 Å². The monoisotopic (exact) mass is 425 g/mol. The second kappa shape index (κ2) is 8.96. The van der Waals surface area contributed by atoms with Gasteiger partial charge in [-0.25, -0.2) is 9.97 Å². The topological polar surface area (TPSA) is 81.9 Å². The van der Waals surface area contributed by atoms with Crippen LogP contribution in [0.3, 0.4) is 0 Å². The Hall–Kier alpha value is -3.46. The molecule has 1 amide bonds. The second-order valence-electron chi connectivity index (χ2n) is 8.77. The Morgan fingerprint density at radius 2 is 1.69 bits per heavy atom. The smallest absolute Gasteiger partial charge is 0.243 e. The van der Waals surface area contributed by atoms with E-state index in [1.54, 1.807) is 0 Å². The summed E-state index contributed by atoms with van der Waals surface area (Å²) in [7, 11) is 0. The van der Waals surface area contributed by atoms with Crippen LogP contribution in [0.2, 0.25) is 0 Å². The summed E-state index contributed by atoms with van der Waals surface area (Å²) in [6.45, 7) is 1.47. The van der Waals surface area contributed by atoms with Crippen LogP contribution in [0, 0.1) is 11.3 Å². The second-order valence-corrected chi connectivity index (χ2v) is 8.77. The molecule has 1 aliphatic carbocycles. The van der Waals surface area contributed by atoms with Crippen LogP contribution in [0.4, 0.5) is 5.82 Å². The molecule has 3 aromatic rings. The fourth-order valence-corrected chi connectivity index (χ4v) is 4.88. The number of para-hydroxylation sites is 2. The number of benzene rings is 2. The SMILES string of the molecule is N#C[C@H](C(=O)NC1CCCCC1)c1nc2ccccc2nc1N1CCc2ccccc2C1. The Kier molecular flexibility index (Phi) is 5.72. The number of hydrogen-bond donors (Lipinski definition) is 1. The maximum Gasteiger partial charge on any atom is 0.243 e. The molecule has 2 heterocycles. The van der Waals surface area contributed by atoms with Gasteiger partial charge in [0.05, 0.1) is 17.1 Å². The molecule has 2 aliphatic rings. The molecule has 5 rings (SSSR count). The van der Waals surface area contributed by atoms with Crippen LogP contribution < -0.4 is 10.2 Å². The number of nitriles is 1. The van der Waals surface area contributed by atoms with Gasteiger partial charge in [-0.2, -0.15) is 5.26 Å². The Balaban J connectivity index is 1.52. The van der Waals surface area contributed by atoms with Gasteiger partial charge < -0.3 is 10.2 Å². The number of carbonyl (C=O) groups excluding carboxylic acids is 1. The molecule has 1 N–H and O–H groups in total. The third kappa shape index (κ3) is 4.03. The van der Waals surface area contributed by atoms with Crippen LogP contribution in [-0.2, 0) is 17.8 Å². The highest BCUT2D eigenvalue weighted by molar-refractivity contribution is 5.89. The number of amides is 1. The van der Waals surface area contributed by atoms with E-state index in [1.165, 1.54) is 17.5 Å². The van der Waals surface area contributed by atoms with Crippen molar-refractivity contribution in [1.82, 2.24) is 15.3 Å². The van der Waals surface area contributed by atoms with Crippen LogP contribution in [0.25, 0.3) is 11.0 Å². The molecule has 32 heavy (non-hydrogen) atoms. The van der Waals surface area contributed by atoms with E-state index in [-0.39, 0.29) is 11.9 Å². The first kappa shape index (κ1) is 20.4. The average Bonchev–Trinajstić information content (AvgIpc) is 2.84. The highest BCUT2D eigenvalue weighted by atomic mass is 16.2. The standard InChI is InChI=1S/C26H27N5O/c27-16-21(26(32)28-20-10-2-1-3-11-20)24-25(30-23-13-7-6-12-22(23)29-24)31-15-14-18-8-4-5-9-19(18)17-31/h4-9,12-13,20-21H,1-3,10-11,14-15,17H2,(H,28,32)/t21-/m0/s1. The van der Waals surface area contributed by atoms with Gasteiger partial charge in [0, 0.05) is 19.1 Å². The molecule has 2 aromatic carbocycles. The van der Waals surface area contributed by atoms with Gasteiger partial charge in [0.25, 0.3) is 0 Å². The average molecular weight is 426 g/mol. The van der Waals surface area contributed by atoms with E-state index in [0.717, 1.165) is 44.2 Å². The fraction of sp³-hybridized carbons (Fsp3) is 0.385. The third-order valence-corrected chi connectivity index (χ3v) is 6.62. The zero-order chi connectivity index (χ0) is 21.9. The lowest BCUT2D eigenvalue weighted by Gasteiger charge is -2.31. The van der Waals surface area contributed by atoms with Gasteiger partial charge in [0.2, 0.25) is 5.91 Å². The van der Waals surface area contributed by atoms with Gasteiger partial charge in [-0.15, -0.1) is 0 Å². The maximum atomic E-state index is 13.2. The molecular formula is C26H27N5O. The highest BCUT2D eigenvalue weighted by Crippen LogP contribution is 2.31. The van der Waals surface area contributed by atoms with Crippen molar-refractivity contribution in [3.8, 4) is 6.07 Å². The highest BCUT2D eigenvalue weighted by Gasteiger charge is 2.31. The van der Waals surface area contributed by atoms with Crippen molar-refractivity contribution >= 4 is 22.8 Å². The maximum absolute atomic E-state index is 13.2. The van der Waals surface area contributed by atoms with E-state index in [9.17, 15) is 10.1 Å². The minimum absolute atomic E-state index is 0.144. The molecule has 6 nitrogen and oxygen atoms in total. The summed E-state index contributed by atoms with van der Waals surface area (Å²) in [5.74, 6) is -0.604. The zero-order valence-corrected chi connectivity index (χ0v) is 18.1. The third-order valence-electron chi connectivity index (χ3n) is 6.62. The Labute approximate surface area is 188 Å². The molecule has 1 aliphatic heterocycles. The molecule has 1 fully saturated rings. The molecule has 1 aromatic heterocycles. The van der Waals surface area contributed by atoms with E-state index in [2.05, 4.69) is 34.5 Å². The molecular weight excluding hydrogens is 398 g/mol. The van der Waals surface area contributed by atoms with Gasteiger partial charge in [0.1, 0.15) is 5.69 Å². The first-order valence-corrected chi connectivity index (χ1v) is 11.5. The summed E-state index contributed by atoms with van der Waals surface area (Å²) < 4.78 is 0. The van der Waals surface area contributed by atoms with E-state index in [4.69, 9.17) is 9.97 Å². The van der Waals surface area contributed by atoms with E-state index in [0.29, 0.717) is 23.6 Å². The lowest BCUT2D eigenvalue weighted by Crippen LogP contribution is -2.40. The van der Waals surface area contributed by atoms with Gasteiger partial charge in [-0.3, -0.25) is 4.79 Å². The lowest BCUT2D eigenvalue weighted by atomic mass is 9.94. The molecule has 6 heteroatoms. The Morgan fingerprint density at radius 3 is 2.44 bits per heavy atom. The van der Waals surface area contributed by atoms with Crippen LogP contribution in [0.1, 0.15) is 54.8 Å². The fourth-order valence-electron chi connectivity index (χ4n) is 4.88. The minimum atomic E-state index is -0.985. The van der Waals surface area contributed by atoms with Gasteiger partial charge >= 0.3 is 0 Å². The number of hydrogen-bond acceptors (Lipinski definition) is 5. The van der Waals surface area contributed by atoms with E-state index < -0.39 is 5.92 Å². The number of nitrogens with one attached hydrogen (secondary N) is 1. The van der Waals surface area contributed by atoms with Crippen molar-refractivity contribution < 1.29 is 4.79 Å². The van der Waals surface area contributed by atoms with E-state index in [1.807, 2.05) is 30.3 Å². The molecule has 0 radical (unpaired) electrons. The normalized spacial score (nSPS) is 17.4. The quantitative estimate of drug-likeness (QED) is 0.676. The Morgan fingerprint density at radius 1 is 1.00 bits per heavy atom. The van der Waals surface area contributed by atoms with Crippen molar-refractivity contribution in [2.45, 2.75) is 57.0 Å². The van der Waals surface area contributed by atoms with Crippen molar-refractivity contribution in [1.29, 1.82) is 5.26 Å².